The van der Waals surface area contributed by atoms with E-state index in [0.29, 0.717) is 13.2 Å². The molecule has 2 N–H and O–H groups in total. The summed E-state index contributed by atoms with van der Waals surface area (Å²) in [5.74, 6) is 0.434. The van der Waals surface area contributed by atoms with E-state index in [0.717, 1.165) is 11.3 Å². The molecule has 94 valence electrons. The molecule has 0 bridgehead atoms. The zero-order chi connectivity index (χ0) is 12.3. The first kappa shape index (κ1) is 12.9. The molecule has 1 aliphatic heterocycles. The van der Waals surface area contributed by atoms with Crippen molar-refractivity contribution in [1.82, 2.24) is 0 Å². The Balaban J connectivity index is 2.10. The van der Waals surface area contributed by atoms with Crippen molar-refractivity contribution >= 4 is 11.8 Å². The van der Waals surface area contributed by atoms with Crippen LogP contribution in [0.1, 0.15) is 19.4 Å². The van der Waals surface area contributed by atoms with Gasteiger partial charge in [0.25, 0.3) is 0 Å². The van der Waals surface area contributed by atoms with Gasteiger partial charge < -0.3 is 15.2 Å². The molecule has 3 nitrogen and oxygen atoms in total. The van der Waals surface area contributed by atoms with Crippen molar-refractivity contribution in [3.05, 3.63) is 29.8 Å². The van der Waals surface area contributed by atoms with Crippen LogP contribution in [0.25, 0.3) is 0 Å². The predicted molar refractivity (Wildman–Crippen MR) is 70.1 cm³/mol. The van der Waals surface area contributed by atoms with Crippen LogP contribution in [0.3, 0.4) is 0 Å². The van der Waals surface area contributed by atoms with Crippen LogP contribution in [-0.4, -0.2) is 25.0 Å². The monoisotopic (exact) mass is 253 g/mol. The van der Waals surface area contributed by atoms with Crippen molar-refractivity contribution in [2.75, 3.05) is 19.0 Å². The van der Waals surface area contributed by atoms with Crippen molar-refractivity contribution in [2.45, 2.75) is 30.6 Å². The molecular weight excluding hydrogens is 234 g/mol. The highest BCUT2D eigenvalue weighted by atomic mass is 32.2. The maximum Gasteiger partial charge on any atom is 0.192 e. The van der Waals surface area contributed by atoms with Crippen molar-refractivity contribution in [3.63, 3.8) is 0 Å². The zero-order valence-corrected chi connectivity index (χ0v) is 11.1. The Kier molecular flexibility index (Phi) is 4.09. The Hall–Kier alpha value is -0.550. The number of nitrogens with two attached hydrogens (primary N) is 1. The smallest absolute Gasteiger partial charge is 0.192 e. The fourth-order valence-corrected chi connectivity index (χ4v) is 2.47. The van der Waals surface area contributed by atoms with E-state index in [1.807, 2.05) is 18.7 Å². The number of rotatable bonds is 3. The summed E-state index contributed by atoms with van der Waals surface area (Å²) in [7, 11) is 0. The van der Waals surface area contributed by atoms with Crippen LogP contribution in [0, 0.1) is 0 Å². The van der Waals surface area contributed by atoms with Gasteiger partial charge in [0.1, 0.15) is 0 Å². The second-order valence-corrected chi connectivity index (χ2v) is 5.62. The van der Waals surface area contributed by atoms with Crippen LogP contribution in [0.15, 0.2) is 29.2 Å². The van der Waals surface area contributed by atoms with Crippen LogP contribution in [0.2, 0.25) is 0 Å². The van der Waals surface area contributed by atoms with Gasteiger partial charge in [-0.25, -0.2) is 0 Å². The summed E-state index contributed by atoms with van der Waals surface area (Å²) in [6.07, 6.45) is 0. The number of hydrogen-bond acceptors (Lipinski definition) is 4. The molecule has 1 saturated heterocycles. The summed E-state index contributed by atoms with van der Waals surface area (Å²) in [5, 5.41) is 0. The van der Waals surface area contributed by atoms with Gasteiger partial charge in [0.05, 0.1) is 19.3 Å². The molecular formula is C13H19NO2S. The van der Waals surface area contributed by atoms with Crippen molar-refractivity contribution in [1.29, 1.82) is 0 Å². The topological polar surface area (TPSA) is 44.5 Å². The fourth-order valence-electron chi connectivity index (χ4n) is 1.81. The van der Waals surface area contributed by atoms with Crippen molar-refractivity contribution < 1.29 is 9.47 Å². The Morgan fingerprint density at radius 3 is 2.41 bits per heavy atom. The molecule has 1 heterocycles. The first-order valence-corrected chi connectivity index (χ1v) is 6.89. The maximum absolute atomic E-state index is 5.74. The van der Waals surface area contributed by atoms with E-state index in [1.165, 1.54) is 4.90 Å². The Morgan fingerprint density at radius 1 is 1.29 bits per heavy atom. The van der Waals surface area contributed by atoms with E-state index in [-0.39, 0.29) is 6.04 Å². The van der Waals surface area contributed by atoms with Crippen LogP contribution in [0.5, 0.6) is 0 Å². The van der Waals surface area contributed by atoms with Gasteiger partial charge in [-0.2, -0.15) is 0 Å². The van der Waals surface area contributed by atoms with E-state index in [9.17, 15) is 0 Å². The third kappa shape index (κ3) is 3.01. The lowest BCUT2D eigenvalue weighted by molar-refractivity contribution is -0.270. The summed E-state index contributed by atoms with van der Waals surface area (Å²) >= 11 is 1.83. The summed E-state index contributed by atoms with van der Waals surface area (Å²) in [6, 6.07) is 8.33. The molecule has 4 heteroatoms. The zero-order valence-electron chi connectivity index (χ0n) is 10.3. The summed E-state index contributed by atoms with van der Waals surface area (Å²) in [4.78, 5) is 1.27. The van der Waals surface area contributed by atoms with Gasteiger partial charge >= 0.3 is 0 Å². The lowest BCUT2D eigenvalue weighted by Crippen LogP contribution is -2.46. The minimum atomic E-state index is -0.648. The Labute approximate surface area is 107 Å². The largest absolute Gasteiger partial charge is 0.344 e. The highest BCUT2D eigenvalue weighted by molar-refractivity contribution is 7.99. The Bertz CT molecular complexity index is 358. The van der Waals surface area contributed by atoms with Gasteiger partial charge in [0.2, 0.25) is 0 Å². The molecule has 0 aliphatic carbocycles. The number of ether oxygens (including phenoxy) is 2. The van der Waals surface area contributed by atoms with Gasteiger partial charge in [-0.15, -0.1) is 11.8 Å². The molecule has 0 radical (unpaired) electrons. The first-order valence-electron chi connectivity index (χ1n) is 5.91. The van der Waals surface area contributed by atoms with E-state index in [4.69, 9.17) is 15.2 Å². The number of hydrogen-bond donors (Lipinski definition) is 1. The van der Waals surface area contributed by atoms with Gasteiger partial charge in [-0.1, -0.05) is 19.1 Å². The van der Waals surface area contributed by atoms with Crippen LogP contribution < -0.4 is 5.73 Å². The molecule has 0 unspecified atom stereocenters. The molecule has 17 heavy (non-hydrogen) atoms. The second-order valence-electron chi connectivity index (χ2n) is 4.29. The lowest BCUT2D eigenvalue weighted by atomic mass is 10.1. The highest BCUT2D eigenvalue weighted by Gasteiger charge is 2.33. The van der Waals surface area contributed by atoms with Gasteiger partial charge in [0.15, 0.2) is 5.79 Å². The summed E-state index contributed by atoms with van der Waals surface area (Å²) in [5.41, 5.74) is 6.79. The first-order chi connectivity index (χ1) is 8.14. The Morgan fingerprint density at radius 2 is 1.88 bits per heavy atom. The van der Waals surface area contributed by atoms with Gasteiger partial charge in [-0.3, -0.25) is 0 Å². The minimum absolute atomic E-state index is 0.0157. The molecule has 1 aromatic carbocycles. The van der Waals surface area contributed by atoms with Gasteiger partial charge in [0, 0.05) is 10.5 Å². The summed E-state index contributed by atoms with van der Waals surface area (Å²) < 4.78 is 11.4. The SMILES string of the molecule is CCSc1ccc(C2(C)OCC(N)CO2)cc1. The third-order valence-corrected chi connectivity index (χ3v) is 3.73. The van der Waals surface area contributed by atoms with Crippen LogP contribution in [-0.2, 0) is 15.3 Å². The molecule has 0 amide bonds. The van der Waals surface area contributed by atoms with Crippen LogP contribution >= 0.6 is 11.8 Å². The van der Waals surface area contributed by atoms with Crippen LogP contribution in [0.4, 0.5) is 0 Å². The van der Waals surface area contributed by atoms with Crippen molar-refractivity contribution in [2.24, 2.45) is 5.73 Å². The highest BCUT2D eigenvalue weighted by Crippen LogP contribution is 2.31. The quantitative estimate of drug-likeness (QED) is 0.840. The number of thioether (sulfide) groups is 1. The lowest BCUT2D eigenvalue weighted by Gasteiger charge is -2.36. The third-order valence-electron chi connectivity index (χ3n) is 2.84. The number of benzene rings is 1. The molecule has 0 atom stereocenters. The van der Waals surface area contributed by atoms with Crippen molar-refractivity contribution in [3.8, 4) is 0 Å². The molecule has 1 aromatic rings. The normalized spacial score (nSPS) is 29.2. The summed E-state index contributed by atoms with van der Waals surface area (Å²) in [6.45, 7) is 5.18. The molecule has 0 saturated carbocycles. The average Bonchev–Trinajstić information content (AvgIpc) is 2.35. The molecule has 1 fully saturated rings. The molecule has 1 aliphatic rings. The fraction of sp³-hybridized carbons (Fsp3) is 0.538. The average molecular weight is 253 g/mol. The minimum Gasteiger partial charge on any atom is -0.344 e. The molecule has 0 spiro atoms. The van der Waals surface area contributed by atoms with E-state index in [2.05, 4.69) is 31.2 Å². The second kappa shape index (κ2) is 5.40. The maximum atomic E-state index is 5.74. The molecule has 2 rings (SSSR count). The van der Waals surface area contributed by atoms with E-state index in [1.54, 1.807) is 0 Å². The predicted octanol–water partition coefficient (Wildman–Crippen LogP) is 2.35. The molecule has 0 aromatic heterocycles. The van der Waals surface area contributed by atoms with Gasteiger partial charge in [-0.05, 0) is 24.8 Å². The van der Waals surface area contributed by atoms with E-state index < -0.39 is 5.79 Å². The standard InChI is InChI=1S/C13H19NO2S/c1-3-17-12-6-4-10(5-7-12)13(2)15-8-11(14)9-16-13/h4-7,11H,3,8-9,14H2,1-2H3. The van der Waals surface area contributed by atoms with E-state index >= 15 is 0 Å².